The molecule has 0 bridgehead atoms. The molecule has 2 aromatic rings. The fraction of sp³-hybridized carbons (Fsp3) is 0.375. The second kappa shape index (κ2) is 9.11. The van der Waals surface area contributed by atoms with Gasteiger partial charge in [-0.25, -0.2) is 5.43 Å². The Morgan fingerprint density at radius 1 is 1.19 bits per heavy atom. The van der Waals surface area contributed by atoms with Crippen LogP contribution in [0.2, 0.25) is 5.02 Å². The second-order valence-corrected chi connectivity index (χ2v) is 9.19. The predicted octanol–water partition coefficient (Wildman–Crippen LogP) is 1.91. The van der Waals surface area contributed by atoms with Gasteiger partial charge in [-0.2, -0.15) is 0 Å². The van der Waals surface area contributed by atoms with Crippen LogP contribution in [0.1, 0.15) is 36.3 Å². The van der Waals surface area contributed by atoms with Gasteiger partial charge in [-0.3, -0.25) is 4.79 Å². The third-order valence-electron chi connectivity index (χ3n) is 6.47. The largest absolute Gasteiger partial charge is 0.382 e. The fourth-order valence-corrected chi connectivity index (χ4v) is 5.02. The Balaban J connectivity index is 1.43. The van der Waals surface area contributed by atoms with E-state index in [1.165, 1.54) is 0 Å². The molecule has 5 rings (SSSR count). The molecule has 1 aliphatic carbocycles. The Bertz CT molecular complexity index is 1120. The van der Waals surface area contributed by atoms with Gasteiger partial charge in [0.1, 0.15) is 6.17 Å². The summed E-state index contributed by atoms with van der Waals surface area (Å²) in [5, 5.41) is 7.84. The van der Waals surface area contributed by atoms with Gasteiger partial charge in [0.25, 0.3) is 5.56 Å². The molecule has 168 valence electrons. The zero-order chi connectivity index (χ0) is 22.1. The van der Waals surface area contributed by atoms with Crippen molar-refractivity contribution >= 4 is 11.6 Å². The summed E-state index contributed by atoms with van der Waals surface area (Å²) in [7, 11) is 0. The van der Waals surface area contributed by atoms with E-state index in [0.717, 1.165) is 60.4 Å². The van der Waals surface area contributed by atoms with E-state index in [4.69, 9.17) is 17.3 Å². The number of nitrogens with two attached hydrogens (primary N) is 1. The zero-order valence-electron chi connectivity index (χ0n) is 17.9. The minimum Gasteiger partial charge on any atom is -0.382 e. The lowest BCUT2D eigenvalue weighted by Gasteiger charge is -2.30. The third kappa shape index (κ3) is 4.47. The van der Waals surface area contributed by atoms with E-state index in [-0.39, 0.29) is 17.6 Å². The molecule has 2 unspecified atom stereocenters. The maximum Gasteiger partial charge on any atom is 0.250 e. The van der Waals surface area contributed by atoms with Crippen LogP contribution < -0.4 is 32.8 Å². The van der Waals surface area contributed by atoms with Crippen LogP contribution in [-0.2, 0) is 6.54 Å². The van der Waals surface area contributed by atoms with Crippen LogP contribution in [0.3, 0.4) is 0 Å². The van der Waals surface area contributed by atoms with Gasteiger partial charge in [0.2, 0.25) is 0 Å². The van der Waals surface area contributed by atoms with E-state index in [1.807, 2.05) is 36.5 Å². The van der Waals surface area contributed by atoms with Gasteiger partial charge in [0.05, 0.1) is 6.54 Å². The highest BCUT2D eigenvalue weighted by Gasteiger charge is 2.32. The van der Waals surface area contributed by atoms with Crippen LogP contribution in [0, 0.1) is 0 Å². The first-order chi connectivity index (χ1) is 15.6. The molecule has 1 aromatic heterocycles. The number of pyridine rings is 1. The number of allylic oxidation sites excluding steroid dienone is 2. The first-order valence-electron chi connectivity index (χ1n) is 11.2. The van der Waals surface area contributed by atoms with Crippen LogP contribution >= 0.6 is 11.6 Å². The molecule has 8 heteroatoms. The number of nitrogens with one attached hydrogen (secondary N) is 4. The summed E-state index contributed by atoms with van der Waals surface area (Å²) in [5.74, 6) is 0.142. The highest BCUT2D eigenvalue weighted by Crippen LogP contribution is 2.35. The van der Waals surface area contributed by atoms with Crippen molar-refractivity contribution in [2.75, 3.05) is 13.1 Å². The van der Waals surface area contributed by atoms with E-state index in [1.54, 1.807) is 10.6 Å². The Hall–Kier alpha value is -2.58. The second-order valence-electron chi connectivity index (χ2n) is 8.76. The molecule has 7 nitrogen and oxygen atoms in total. The topological polar surface area (TPSA) is 96.1 Å². The standard InChI is InChI=1S/C24H29ClN6O/c25-18-3-1-2-15(10-18)13-31-14-16(4-5-22(31)32)17-11-20(28-19-6-8-27-9-7-19)23-21(12-17)29-30-24(23)26/h1-5,10-11,14,17,19,24,27-30H,6-9,12-13,26H2. The van der Waals surface area contributed by atoms with Gasteiger partial charge in [-0.05, 0) is 55.6 Å². The van der Waals surface area contributed by atoms with E-state index < -0.39 is 0 Å². The number of piperidine rings is 1. The van der Waals surface area contributed by atoms with Gasteiger partial charge in [-0.1, -0.05) is 35.9 Å². The lowest BCUT2D eigenvalue weighted by Crippen LogP contribution is -2.43. The number of aromatic nitrogens is 1. The molecule has 3 heterocycles. The number of hydrogen-bond acceptors (Lipinski definition) is 6. The molecule has 1 fully saturated rings. The van der Waals surface area contributed by atoms with Crippen molar-refractivity contribution in [1.29, 1.82) is 0 Å². The van der Waals surface area contributed by atoms with Crippen LogP contribution in [0.15, 0.2) is 70.4 Å². The van der Waals surface area contributed by atoms with Crippen LogP contribution in [0.5, 0.6) is 0 Å². The molecule has 2 aliphatic heterocycles. The number of hydrazine groups is 1. The van der Waals surface area contributed by atoms with Gasteiger partial charge in [-0.15, -0.1) is 0 Å². The third-order valence-corrected chi connectivity index (χ3v) is 6.71. The number of benzene rings is 1. The summed E-state index contributed by atoms with van der Waals surface area (Å²) in [6.45, 7) is 2.54. The molecule has 0 saturated carbocycles. The van der Waals surface area contributed by atoms with Gasteiger partial charge >= 0.3 is 0 Å². The molecular weight excluding hydrogens is 424 g/mol. The van der Waals surface area contributed by atoms with Crippen molar-refractivity contribution in [2.24, 2.45) is 5.73 Å². The minimum absolute atomic E-state index is 0.0239. The smallest absolute Gasteiger partial charge is 0.250 e. The van der Waals surface area contributed by atoms with Gasteiger partial charge in [0, 0.05) is 46.2 Å². The van der Waals surface area contributed by atoms with Crippen molar-refractivity contribution in [3.63, 3.8) is 0 Å². The molecule has 0 radical (unpaired) electrons. The average Bonchev–Trinajstić information content (AvgIpc) is 3.17. The average molecular weight is 453 g/mol. The molecule has 2 atom stereocenters. The zero-order valence-corrected chi connectivity index (χ0v) is 18.7. The first-order valence-corrected chi connectivity index (χ1v) is 11.6. The number of halogens is 1. The van der Waals surface area contributed by atoms with Crippen molar-refractivity contribution in [2.45, 2.75) is 43.9 Å². The Morgan fingerprint density at radius 3 is 2.84 bits per heavy atom. The van der Waals surface area contributed by atoms with E-state index in [9.17, 15) is 4.79 Å². The van der Waals surface area contributed by atoms with Crippen molar-refractivity contribution in [3.05, 3.63) is 92.1 Å². The molecule has 1 aromatic carbocycles. The summed E-state index contributed by atoms with van der Waals surface area (Å²) >= 11 is 6.13. The highest BCUT2D eigenvalue weighted by atomic mass is 35.5. The van der Waals surface area contributed by atoms with Crippen molar-refractivity contribution in [3.8, 4) is 0 Å². The summed E-state index contributed by atoms with van der Waals surface area (Å²) in [4.78, 5) is 12.5. The highest BCUT2D eigenvalue weighted by molar-refractivity contribution is 6.30. The Kier molecular flexibility index (Phi) is 6.06. The number of nitrogens with zero attached hydrogens (tertiary/aromatic N) is 1. The van der Waals surface area contributed by atoms with Gasteiger partial charge < -0.3 is 26.4 Å². The molecular formula is C24H29ClN6O. The van der Waals surface area contributed by atoms with E-state index >= 15 is 0 Å². The summed E-state index contributed by atoms with van der Waals surface area (Å²) in [5.41, 5.74) is 18.2. The normalized spacial score (nSPS) is 23.5. The summed E-state index contributed by atoms with van der Waals surface area (Å²) < 4.78 is 1.75. The first kappa shape index (κ1) is 21.3. The summed E-state index contributed by atoms with van der Waals surface area (Å²) in [6.07, 6.45) is 7.00. The number of hydrogen-bond donors (Lipinski definition) is 5. The minimum atomic E-state index is -0.233. The lowest BCUT2D eigenvalue weighted by atomic mass is 9.86. The fourth-order valence-electron chi connectivity index (χ4n) is 4.80. The maximum absolute atomic E-state index is 12.5. The Labute approximate surface area is 192 Å². The maximum atomic E-state index is 12.5. The van der Waals surface area contributed by atoms with E-state index in [0.29, 0.717) is 17.6 Å². The molecule has 1 saturated heterocycles. The van der Waals surface area contributed by atoms with Gasteiger partial charge in [0.15, 0.2) is 0 Å². The Morgan fingerprint density at radius 2 is 2.03 bits per heavy atom. The number of rotatable bonds is 5. The van der Waals surface area contributed by atoms with Crippen LogP contribution in [0.25, 0.3) is 0 Å². The monoisotopic (exact) mass is 452 g/mol. The van der Waals surface area contributed by atoms with E-state index in [2.05, 4.69) is 27.6 Å². The molecule has 0 spiro atoms. The molecule has 0 amide bonds. The molecule has 3 aliphatic rings. The summed E-state index contributed by atoms with van der Waals surface area (Å²) in [6, 6.07) is 11.7. The predicted molar refractivity (Wildman–Crippen MR) is 127 cm³/mol. The van der Waals surface area contributed by atoms with Crippen LogP contribution in [-0.4, -0.2) is 29.9 Å². The van der Waals surface area contributed by atoms with Crippen molar-refractivity contribution < 1.29 is 0 Å². The molecule has 6 N–H and O–H groups in total. The molecule has 32 heavy (non-hydrogen) atoms. The van der Waals surface area contributed by atoms with Crippen LogP contribution in [0.4, 0.5) is 0 Å². The lowest BCUT2D eigenvalue weighted by molar-refractivity contribution is 0.410. The SMILES string of the molecule is NC1NNC2=C1C(NC1CCNCC1)=CC(c1ccc(=O)n(Cc3cccc(Cl)c3)c1)C2. The quantitative estimate of drug-likeness (QED) is 0.475. The van der Waals surface area contributed by atoms with Crippen molar-refractivity contribution in [1.82, 2.24) is 26.1 Å².